The molecule has 0 aliphatic carbocycles. The smallest absolute Gasteiger partial charge is 0.267 e. The number of amides is 1. The Morgan fingerprint density at radius 1 is 1.07 bits per heavy atom. The molecule has 0 radical (unpaired) electrons. The summed E-state index contributed by atoms with van der Waals surface area (Å²) in [5, 5.41) is 4.15. The van der Waals surface area contributed by atoms with Gasteiger partial charge in [-0.15, -0.1) is 0 Å². The summed E-state index contributed by atoms with van der Waals surface area (Å²) in [5.74, 6) is 0.844. The molecule has 4 rings (SSSR count). The fourth-order valence-electron chi connectivity index (χ4n) is 3.82. The second-order valence-electron chi connectivity index (χ2n) is 7.17. The van der Waals surface area contributed by atoms with Crippen LogP contribution in [0.5, 0.6) is 11.5 Å². The van der Waals surface area contributed by atoms with Crippen LogP contribution in [0.2, 0.25) is 0 Å². The number of hydrogen-bond acceptors (Lipinski definition) is 6. The minimum atomic E-state index is -0.645. The van der Waals surface area contributed by atoms with Gasteiger partial charge in [0.2, 0.25) is 6.10 Å². The number of carbonyl (C=O) groups is 1. The third-order valence-corrected chi connectivity index (χ3v) is 5.44. The Balaban J connectivity index is 1.37. The van der Waals surface area contributed by atoms with Crippen molar-refractivity contribution >= 4 is 17.3 Å². The Kier molecular flexibility index (Phi) is 5.74. The van der Waals surface area contributed by atoms with Crippen LogP contribution in [0.3, 0.4) is 0 Å². The molecule has 7 nitrogen and oxygen atoms in total. The molecule has 158 valence electrons. The van der Waals surface area contributed by atoms with Crippen molar-refractivity contribution in [2.45, 2.75) is 12.5 Å². The molecule has 1 atom stereocenters. The highest BCUT2D eigenvalue weighted by Gasteiger charge is 2.35. The van der Waals surface area contributed by atoms with Crippen molar-refractivity contribution in [3.8, 4) is 11.5 Å². The molecule has 1 saturated heterocycles. The number of rotatable bonds is 5. The predicted octanol–water partition coefficient (Wildman–Crippen LogP) is 2.68. The Morgan fingerprint density at radius 3 is 2.47 bits per heavy atom. The minimum absolute atomic E-state index is 0.0747. The Labute approximate surface area is 174 Å². The number of halogens is 1. The highest BCUT2D eigenvalue weighted by atomic mass is 19.1. The number of anilines is 1. The number of benzene rings is 2. The van der Waals surface area contributed by atoms with Gasteiger partial charge >= 0.3 is 0 Å². The first kappa shape index (κ1) is 20.0. The number of methoxy groups -OCH3 is 2. The zero-order chi connectivity index (χ0) is 21.1. The van der Waals surface area contributed by atoms with Gasteiger partial charge in [-0.3, -0.25) is 4.79 Å². The zero-order valence-electron chi connectivity index (χ0n) is 17.0. The standard InChI is InChI=1S/C22H24FN3O4/c1-28-19-5-3-4-17(21(19)29-2)18-14-20(30-24-18)22(27)26-12-10-25(11-13-26)16-8-6-15(23)7-9-16/h3-9,20H,10-14H2,1-2H3/t20-/m1/s1. The summed E-state index contributed by atoms with van der Waals surface area (Å²) < 4.78 is 23.9. The van der Waals surface area contributed by atoms with Crippen LogP contribution in [-0.2, 0) is 9.63 Å². The lowest BCUT2D eigenvalue weighted by atomic mass is 10.0. The fraction of sp³-hybridized carbons (Fsp3) is 0.364. The number of hydrogen-bond donors (Lipinski definition) is 0. The van der Waals surface area contributed by atoms with Gasteiger partial charge in [0.05, 0.1) is 19.9 Å². The van der Waals surface area contributed by atoms with Crippen molar-refractivity contribution in [3.05, 3.63) is 53.8 Å². The van der Waals surface area contributed by atoms with E-state index in [1.807, 2.05) is 18.2 Å². The maximum atomic E-state index is 13.1. The minimum Gasteiger partial charge on any atom is -0.493 e. The first-order valence-corrected chi connectivity index (χ1v) is 9.84. The molecular formula is C22H24FN3O4. The highest BCUT2D eigenvalue weighted by Crippen LogP contribution is 2.33. The van der Waals surface area contributed by atoms with E-state index >= 15 is 0 Å². The van der Waals surface area contributed by atoms with E-state index in [9.17, 15) is 9.18 Å². The van der Waals surface area contributed by atoms with E-state index < -0.39 is 6.10 Å². The van der Waals surface area contributed by atoms with Crippen molar-refractivity contribution in [2.24, 2.45) is 5.16 Å². The van der Waals surface area contributed by atoms with Crippen LogP contribution in [0.15, 0.2) is 47.6 Å². The van der Waals surface area contributed by atoms with Crippen LogP contribution < -0.4 is 14.4 Å². The monoisotopic (exact) mass is 413 g/mol. The van der Waals surface area contributed by atoms with Gasteiger partial charge in [-0.2, -0.15) is 0 Å². The van der Waals surface area contributed by atoms with Crippen molar-refractivity contribution in [1.29, 1.82) is 0 Å². The number of piperazine rings is 1. The molecular weight excluding hydrogens is 389 g/mol. The van der Waals surface area contributed by atoms with Crippen molar-refractivity contribution in [2.75, 3.05) is 45.3 Å². The summed E-state index contributed by atoms with van der Waals surface area (Å²) in [4.78, 5) is 22.4. The molecule has 0 N–H and O–H groups in total. The molecule has 2 heterocycles. The quantitative estimate of drug-likeness (QED) is 0.754. The molecule has 1 amide bonds. The summed E-state index contributed by atoms with van der Waals surface area (Å²) in [7, 11) is 3.15. The summed E-state index contributed by atoms with van der Waals surface area (Å²) >= 11 is 0. The topological polar surface area (TPSA) is 63.6 Å². The maximum absolute atomic E-state index is 13.1. The van der Waals surface area contributed by atoms with Gasteiger partial charge in [-0.05, 0) is 36.4 Å². The number of para-hydroxylation sites is 1. The SMILES string of the molecule is COc1cccc(C2=NO[C@@H](C(=O)N3CCN(c4ccc(F)cc4)CC3)C2)c1OC. The second kappa shape index (κ2) is 8.61. The van der Waals surface area contributed by atoms with Crippen LogP contribution >= 0.6 is 0 Å². The third kappa shape index (κ3) is 3.90. The lowest BCUT2D eigenvalue weighted by molar-refractivity contribution is -0.142. The molecule has 0 spiro atoms. The van der Waals surface area contributed by atoms with E-state index in [0.29, 0.717) is 49.8 Å². The number of ether oxygens (including phenoxy) is 2. The maximum Gasteiger partial charge on any atom is 0.267 e. The number of nitrogens with zero attached hydrogens (tertiary/aromatic N) is 3. The van der Waals surface area contributed by atoms with E-state index in [1.165, 1.54) is 12.1 Å². The van der Waals surface area contributed by atoms with Gasteiger partial charge in [0.15, 0.2) is 11.5 Å². The normalized spacial score (nSPS) is 18.6. The summed E-state index contributed by atoms with van der Waals surface area (Å²) in [6.07, 6.45) is -0.270. The second-order valence-corrected chi connectivity index (χ2v) is 7.17. The van der Waals surface area contributed by atoms with Crippen LogP contribution in [0.1, 0.15) is 12.0 Å². The molecule has 2 aliphatic heterocycles. The van der Waals surface area contributed by atoms with E-state index in [0.717, 1.165) is 11.3 Å². The molecule has 0 aromatic heterocycles. The molecule has 0 saturated carbocycles. The summed E-state index contributed by atoms with van der Waals surface area (Å²) in [6.45, 7) is 2.52. The number of carbonyl (C=O) groups excluding carboxylic acids is 1. The largest absolute Gasteiger partial charge is 0.493 e. The Hall–Kier alpha value is -3.29. The first-order valence-electron chi connectivity index (χ1n) is 9.84. The van der Waals surface area contributed by atoms with Crippen molar-refractivity contribution in [1.82, 2.24) is 4.90 Å². The van der Waals surface area contributed by atoms with Crippen molar-refractivity contribution in [3.63, 3.8) is 0 Å². The third-order valence-electron chi connectivity index (χ3n) is 5.44. The van der Waals surface area contributed by atoms with Crippen LogP contribution in [0, 0.1) is 5.82 Å². The zero-order valence-corrected chi connectivity index (χ0v) is 17.0. The van der Waals surface area contributed by atoms with Crippen molar-refractivity contribution < 1.29 is 23.5 Å². The van der Waals surface area contributed by atoms with Gasteiger partial charge in [0.1, 0.15) is 5.82 Å². The van der Waals surface area contributed by atoms with E-state index in [-0.39, 0.29) is 11.7 Å². The van der Waals surface area contributed by atoms with E-state index in [2.05, 4.69) is 10.1 Å². The molecule has 1 fully saturated rings. The van der Waals surface area contributed by atoms with E-state index in [1.54, 1.807) is 31.3 Å². The molecule has 2 aliphatic rings. The van der Waals surface area contributed by atoms with Gasteiger partial charge in [-0.25, -0.2) is 4.39 Å². The molecule has 0 bridgehead atoms. The van der Waals surface area contributed by atoms with Crippen LogP contribution in [0.25, 0.3) is 0 Å². The average molecular weight is 413 g/mol. The first-order chi connectivity index (χ1) is 14.6. The highest BCUT2D eigenvalue weighted by molar-refractivity contribution is 6.06. The lowest BCUT2D eigenvalue weighted by Gasteiger charge is -2.36. The molecule has 30 heavy (non-hydrogen) atoms. The molecule has 0 unspecified atom stereocenters. The summed E-state index contributed by atoms with van der Waals surface area (Å²) in [5.41, 5.74) is 2.37. The van der Waals surface area contributed by atoms with Gasteiger partial charge in [0, 0.05) is 43.9 Å². The Morgan fingerprint density at radius 2 is 1.80 bits per heavy atom. The van der Waals surface area contributed by atoms with E-state index in [4.69, 9.17) is 14.3 Å². The number of oxime groups is 1. The van der Waals surface area contributed by atoms with Crippen LogP contribution in [0.4, 0.5) is 10.1 Å². The lowest BCUT2D eigenvalue weighted by Crippen LogP contribution is -2.51. The summed E-state index contributed by atoms with van der Waals surface area (Å²) in [6, 6.07) is 11.9. The Bertz CT molecular complexity index is 940. The molecule has 2 aromatic carbocycles. The van der Waals surface area contributed by atoms with Gasteiger partial charge in [-0.1, -0.05) is 11.2 Å². The average Bonchev–Trinajstić information content (AvgIpc) is 3.28. The van der Waals surface area contributed by atoms with Gasteiger partial charge < -0.3 is 24.1 Å². The van der Waals surface area contributed by atoms with Crippen LogP contribution in [-0.4, -0.2) is 63.0 Å². The predicted molar refractivity (Wildman–Crippen MR) is 111 cm³/mol. The fourth-order valence-corrected chi connectivity index (χ4v) is 3.82. The molecule has 2 aromatic rings. The molecule has 8 heteroatoms. The van der Waals surface area contributed by atoms with Gasteiger partial charge in [0.25, 0.3) is 5.91 Å².